The maximum Gasteiger partial charge on any atom is 0.227 e. The van der Waals surface area contributed by atoms with Gasteiger partial charge in [-0.05, 0) is 31.0 Å². The van der Waals surface area contributed by atoms with Crippen molar-refractivity contribution in [2.45, 2.75) is 39.0 Å². The lowest BCUT2D eigenvalue weighted by atomic mass is 10.00. The second-order valence-corrected chi connectivity index (χ2v) is 4.47. The van der Waals surface area contributed by atoms with Crippen molar-refractivity contribution in [3.63, 3.8) is 0 Å². The summed E-state index contributed by atoms with van der Waals surface area (Å²) in [5.74, 6) is -0.762. The second-order valence-electron chi connectivity index (χ2n) is 4.47. The summed E-state index contributed by atoms with van der Waals surface area (Å²) in [6.45, 7) is 4.58. The third-order valence-electron chi connectivity index (χ3n) is 2.97. The zero-order valence-corrected chi connectivity index (χ0v) is 10.9. The molecule has 0 aromatic heterocycles. The highest BCUT2D eigenvalue weighted by molar-refractivity contribution is 5.83. The number of carbonyl (C=O) groups is 1. The van der Waals surface area contributed by atoms with Gasteiger partial charge in [0.15, 0.2) is 11.5 Å². The van der Waals surface area contributed by atoms with Crippen LogP contribution < -0.4 is 5.32 Å². The molecule has 1 amide bonds. The van der Waals surface area contributed by atoms with Crippen LogP contribution in [-0.4, -0.2) is 22.7 Å². The molecule has 1 aromatic carbocycles. The fraction of sp³-hybridized carbons (Fsp3) is 0.500. The highest BCUT2D eigenvalue weighted by atomic mass is 16.3. The molecule has 0 saturated carbocycles. The maximum absolute atomic E-state index is 11.8. The van der Waals surface area contributed by atoms with Gasteiger partial charge in [0.05, 0.1) is 5.92 Å². The van der Waals surface area contributed by atoms with E-state index in [1.165, 1.54) is 12.1 Å². The van der Waals surface area contributed by atoms with E-state index in [-0.39, 0.29) is 23.3 Å². The van der Waals surface area contributed by atoms with Crippen LogP contribution in [0.5, 0.6) is 11.5 Å². The van der Waals surface area contributed by atoms with Gasteiger partial charge >= 0.3 is 0 Å². The Bertz CT molecular complexity index is 404. The Morgan fingerprint density at radius 3 is 2.61 bits per heavy atom. The van der Waals surface area contributed by atoms with Crippen LogP contribution in [0.4, 0.5) is 0 Å². The van der Waals surface area contributed by atoms with Gasteiger partial charge < -0.3 is 15.5 Å². The molecule has 0 heterocycles. The Labute approximate surface area is 108 Å². The largest absolute Gasteiger partial charge is 0.504 e. The minimum absolute atomic E-state index is 0.0591. The minimum Gasteiger partial charge on any atom is -0.504 e. The van der Waals surface area contributed by atoms with Crippen molar-refractivity contribution >= 4 is 5.91 Å². The summed E-state index contributed by atoms with van der Waals surface area (Å²) >= 11 is 0. The quantitative estimate of drug-likeness (QED) is 0.537. The molecule has 0 spiro atoms. The lowest BCUT2D eigenvalue weighted by Gasteiger charge is -2.13. The van der Waals surface area contributed by atoms with Crippen molar-refractivity contribution in [2.75, 3.05) is 6.54 Å². The lowest BCUT2D eigenvalue weighted by molar-refractivity contribution is -0.122. The van der Waals surface area contributed by atoms with Crippen molar-refractivity contribution in [2.24, 2.45) is 0 Å². The van der Waals surface area contributed by atoms with Crippen LogP contribution in [0.2, 0.25) is 0 Å². The van der Waals surface area contributed by atoms with E-state index >= 15 is 0 Å². The molecule has 0 radical (unpaired) electrons. The predicted octanol–water partition coefficient (Wildman–Crippen LogP) is 2.51. The fourth-order valence-electron chi connectivity index (χ4n) is 1.70. The van der Waals surface area contributed by atoms with Crippen LogP contribution >= 0.6 is 0 Å². The number of unbranched alkanes of at least 4 members (excludes halogenated alkanes) is 2. The Balaban J connectivity index is 2.54. The summed E-state index contributed by atoms with van der Waals surface area (Å²) in [6, 6.07) is 4.46. The molecule has 0 aliphatic heterocycles. The van der Waals surface area contributed by atoms with E-state index < -0.39 is 0 Å². The Hall–Kier alpha value is -1.71. The first-order chi connectivity index (χ1) is 8.56. The van der Waals surface area contributed by atoms with Crippen LogP contribution in [-0.2, 0) is 4.79 Å². The van der Waals surface area contributed by atoms with Gasteiger partial charge in [0.25, 0.3) is 0 Å². The number of benzene rings is 1. The first-order valence-electron chi connectivity index (χ1n) is 6.35. The SMILES string of the molecule is CCCCCNC(=O)C(C)c1ccc(O)c(O)c1. The Kier molecular flexibility index (Phi) is 5.49. The summed E-state index contributed by atoms with van der Waals surface area (Å²) in [4.78, 5) is 11.8. The number of amides is 1. The highest BCUT2D eigenvalue weighted by Crippen LogP contribution is 2.28. The first-order valence-corrected chi connectivity index (χ1v) is 6.35. The van der Waals surface area contributed by atoms with E-state index in [9.17, 15) is 15.0 Å². The maximum atomic E-state index is 11.8. The molecule has 100 valence electrons. The summed E-state index contributed by atoms with van der Waals surface area (Å²) in [7, 11) is 0. The zero-order chi connectivity index (χ0) is 13.5. The van der Waals surface area contributed by atoms with Gasteiger partial charge in [-0.3, -0.25) is 4.79 Å². The predicted molar refractivity (Wildman–Crippen MR) is 70.7 cm³/mol. The number of rotatable bonds is 6. The van der Waals surface area contributed by atoms with Crippen molar-refractivity contribution in [1.82, 2.24) is 5.32 Å². The van der Waals surface area contributed by atoms with Crippen LogP contribution in [0.15, 0.2) is 18.2 Å². The van der Waals surface area contributed by atoms with Gasteiger partial charge in [0.1, 0.15) is 0 Å². The number of carbonyl (C=O) groups excluding carboxylic acids is 1. The average molecular weight is 251 g/mol. The summed E-state index contributed by atoms with van der Waals surface area (Å²) in [6.07, 6.45) is 3.21. The van der Waals surface area contributed by atoms with Gasteiger partial charge in [-0.15, -0.1) is 0 Å². The number of aromatic hydroxyl groups is 2. The molecular formula is C14H21NO3. The molecule has 0 saturated heterocycles. The van der Waals surface area contributed by atoms with E-state index in [2.05, 4.69) is 12.2 Å². The molecule has 0 bridgehead atoms. The Morgan fingerprint density at radius 2 is 2.00 bits per heavy atom. The third-order valence-corrected chi connectivity index (χ3v) is 2.97. The zero-order valence-electron chi connectivity index (χ0n) is 10.9. The van der Waals surface area contributed by atoms with Gasteiger partial charge in [-0.2, -0.15) is 0 Å². The van der Waals surface area contributed by atoms with E-state index in [0.29, 0.717) is 12.1 Å². The minimum atomic E-state index is -0.335. The van der Waals surface area contributed by atoms with Crippen LogP contribution in [0.3, 0.4) is 0 Å². The van der Waals surface area contributed by atoms with Crippen LogP contribution in [0, 0.1) is 0 Å². The van der Waals surface area contributed by atoms with Crippen molar-refractivity contribution in [3.8, 4) is 11.5 Å². The number of hydrogen-bond acceptors (Lipinski definition) is 3. The molecule has 3 N–H and O–H groups in total. The van der Waals surface area contributed by atoms with Gasteiger partial charge in [-0.25, -0.2) is 0 Å². The van der Waals surface area contributed by atoms with E-state index in [0.717, 1.165) is 19.3 Å². The lowest BCUT2D eigenvalue weighted by Crippen LogP contribution is -2.28. The topological polar surface area (TPSA) is 69.6 Å². The molecule has 1 aromatic rings. The average Bonchev–Trinajstić information content (AvgIpc) is 2.37. The standard InChI is InChI=1S/C14H21NO3/c1-3-4-5-8-15-14(18)10(2)11-6-7-12(16)13(17)9-11/h6-7,9-10,16-17H,3-5,8H2,1-2H3,(H,15,18). The molecule has 0 aliphatic carbocycles. The van der Waals surface area contributed by atoms with Gasteiger partial charge in [-0.1, -0.05) is 25.8 Å². The number of phenolic OH excluding ortho intramolecular Hbond substituents is 2. The first kappa shape index (κ1) is 14.4. The number of phenols is 2. The van der Waals surface area contributed by atoms with E-state index in [4.69, 9.17) is 0 Å². The van der Waals surface area contributed by atoms with Gasteiger partial charge in [0, 0.05) is 6.54 Å². The summed E-state index contributed by atoms with van der Waals surface area (Å²) < 4.78 is 0. The van der Waals surface area contributed by atoms with Crippen molar-refractivity contribution in [1.29, 1.82) is 0 Å². The summed E-state index contributed by atoms with van der Waals surface area (Å²) in [5, 5.41) is 21.5. The normalized spacial score (nSPS) is 12.1. The third kappa shape index (κ3) is 3.95. The summed E-state index contributed by atoms with van der Waals surface area (Å²) in [5.41, 5.74) is 0.693. The highest BCUT2D eigenvalue weighted by Gasteiger charge is 2.15. The molecule has 0 aliphatic rings. The number of nitrogens with one attached hydrogen (secondary N) is 1. The molecule has 1 unspecified atom stereocenters. The molecule has 4 heteroatoms. The molecule has 18 heavy (non-hydrogen) atoms. The fourth-order valence-corrected chi connectivity index (χ4v) is 1.70. The van der Waals surface area contributed by atoms with Crippen molar-refractivity contribution < 1.29 is 15.0 Å². The second kappa shape index (κ2) is 6.89. The molecule has 0 fully saturated rings. The molecule has 1 atom stereocenters. The Morgan fingerprint density at radius 1 is 1.28 bits per heavy atom. The van der Waals surface area contributed by atoms with Crippen molar-refractivity contribution in [3.05, 3.63) is 23.8 Å². The van der Waals surface area contributed by atoms with Gasteiger partial charge in [0.2, 0.25) is 5.91 Å². The van der Waals surface area contributed by atoms with E-state index in [1.807, 2.05) is 0 Å². The molecule has 4 nitrogen and oxygen atoms in total. The van der Waals surface area contributed by atoms with Crippen LogP contribution in [0.25, 0.3) is 0 Å². The monoisotopic (exact) mass is 251 g/mol. The molecule has 1 rings (SSSR count). The number of hydrogen-bond donors (Lipinski definition) is 3. The van der Waals surface area contributed by atoms with E-state index in [1.54, 1.807) is 13.0 Å². The smallest absolute Gasteiger partial charge is 0.227 e. The molecular weight excluding hydrogens is 230 g/mol. The van der Waals surface area contributed by atoms with Crippen LogP contribution in [0.1, 0.15) is 44.6 Å².